The monoisotopic (exact) mass is 537 g/mol. The third kappa shape index (κ3) is 4.85. The number of amides is 2. The number of likely N-dealkylation sites (N-methyl/N-ethyl adjacent to an activating group) is 1. The van der Waals surface area contributed by atoms with Crippen molar-refractivity contribution in [3.8, 4) is 0 Å². The van der Waals surface area contributed by atoms with Crippen LogP contribution in [0.2, 0.25) is 10.0 Å². The van der Waals surface area contributed by atoms with Gasteiger partial charge in [0.1, 0.15) is 0 Å². The van der Waals surface area contributed by atoms with Crippen molar-refractivity contribution in [3.63, 3.8) is 0 Å². The molecule has 3 aromatic carbocycles. The van der Waals surface area contributed by atoms with Gasteiger partial charge in [0.25, 0.3) is 11.5 Å². The lowest BCUT2D eigenvalue weighted by atomic mass is 9.85. The van der Waals surface area contributed by atoms with E-state index in [9.17, 15) is 22.8 Å². The molecule has 6 nitrogen and oxygen atoms in total. The number of oxime groups is 1. The molecule has 1 atom stereocenters. The highest BCUT2D eigenvalue weighted by molar-refractivity contribution is 6.34. The molecule has 1 heterocycles. The normalized spacial score (nSPS) is 17.4. The number of nitrogens with one attached hydrogen (secondary N) is 2. The Morgan fingerprint density at radius 2 is 1.69 bits per heavy atom. The quantitative estimate of drug-likeness (QED) is 0.429. The fourth-order valence-electron chi connectivity index (χ4n) is 4.10. The number of hydrogen-bond donors (Lipinski definition) is 2. The molecule has 0 fully saturated rings. The van der Waals surface area contributed by atoms with E-state index in [1.807, 2.05) is 0 Å². The van der Waals surface area contributed by atoms with Crippen molar-refractivity contribution in [2.24, 2.45) is 5.16 Å². The van der Waals surface area contributed by atoms with Gasteiger partial charge in [0.2, 0.25) is 5.91 Å². The molecule has 2 N–H and O–H groups in total. The van der Waals surface area contributed by atoms with E-state index in [1.165, 1.54) is 18.2 Å². The molecular formula is C25H20Cl2F3N3O3. The van der Waals surface area contributed by atoms with Crippen molar-refractivity contribution in [3.05, 3.63) is 81.3 Å². The Balaban J connectivity index is 1.71. The van der Waals surface area contributed by atoms with Gasteiger partial charge in [-0.25, -0.2) is 0 Å². The maximum absolute atomic E-state index is 14.4. The van der Waals surface area contributed by atoms with Gasteiger partial charge < -0.3 is 15.5 Å². The zero-order chi connectivity index (χ0) is 26.1. The van der Waals surface area contributed by atoms with Crippen molar-refractivity contribution in [2.45, 2.75) is 25.1 Å². The number of nitrogens with zero attached hydrogens (tertiary/aromatic N) is 1. The molecule has 11 heteroatoms. The third-order valence-corrected chi connectivity index (χ3v) is 6.21. The van der Waals surface area contributed by atoms with Crippen molar-refractivity contribution >= 4 is 51.5 Å². The lowest BCUT2D eigenvalue weighted by molar-refractivity contribution is -0.275. The fraction of sp³-hybridized carbons (Fsp3) is 0.240. The molecule has 1 aliphatic heterocycles. The minimum absolute atomic E-state index is 0.0339. The van der Waals surface area contributed by atoms with E-state index in [1.54, 1.807) is 31.2 Å². The first-order valence-electron chi connectivity index (χ1n) is 10.9. The summed E-state index contributed by atoms with van der Waals surface area (Å²) in [5.74, 6) is -0.833. The highest BCUT2D eigenvalue weighted by Gasteiger charge is 2.62. The van der Waals surface area contributed by atoms with Crippen LogP contribution >= 0.6 is 23.2 Å². The number of carbonyl (C=O) groups is 2. The number of halogens is 5. The zero-order valence-electron chi connectivity index (χ0n) is 18.9. The van der Waals surface area contributed by atoms with Gasteiger partial charge in [0.15, 0.2) is 0 Å². The molecule has 0 radical (unpaired) electrons. The van der Waals surface area contributed by atoms with Gasteiger partial charge in [-0.15, -0.1) is 0 Å². The van der Waals surface area contributed by atoms with Gasteiger partial charge in [-0.2, -0.15) is 13.2 Å². The Morgan fingerprint density at radius 3 is 2.33 bits per heavy atom. The van der Waals surface area contributed by atoms with Gasteiger partial charge >= 0.3 is 6.18 Å². The predicted molar refractivity (Wildman–Crippen MR) is 131 cm³/mol. The lowest BCUT2D eigenvalue weighted by Crippen LogP contribution is -2.42. The molecule has 36 heavy (non-hydrogen) atoms. The Morgan fingerprint density at radius 1 is 1.03 bits per heavy atom. The largest absolute Gasteiger partial charge is 0.435 e. The van der Waals surface area contributed by atoms with Crippen LogP contribution in [0.25, 0.3) is 10.8 Å². The first kappa shape index (κ1) is 25.8. The van der Waals surface area contributed by atoms with E-state index >= 15 is 0 Å². The molecule has 0 saturated carbocycles. The molecule has 2 amide bonds. The number of fused-ring (bicyclic) bond motifs is 1. The van der Waals surface area contributed by atoms with Crippen LogP contribution in [-0.2, 0) is 15.2 Å². The standard InChI is InChI=1S/C25H20Cl2F3N3O3/c1-2-31-22(34)13-32-23(35)20-8-7-19(17-5-3-4-6-18(17)20)21-12-24(36-33-21,25(28,29)30)14-9-15(26)11-16(27)10-14/h3-11H,2,12-13H2,1H3,(H,31,34)(H,32,35). The molecule has 3 aromatic rings. The van der Waals surface area contributed by atoms with E-state index in [-0.39, 0.29) is 39.3 Å². The second kappa shape index (κ2) is 9.99. The van der Waals surface area contributed by atoms with Crippen molar-refractivity contribution < 1.29 is 27.6 Å². The molecular weight excluding hydrogens is 518 g/mol. The van der Waals surface area contributed by atoms with Crippen molar-refractivity contribution in [1.29, 1.82) is 0 Å². The average molecular weight is 538 g/mol. The summed E-state index contributed by atoms with van der Waals surface area (Å²) < 4.78 is 43.1. The molecule has 0 bridgehead atoms. The highest BCUT2D eigenvalue weighted by atomic mass is 35.5. The van der Waals surface area contributed by atoms with Crippen molar-refractivity contribution in [1.82, 2.24) is 10.6 Å². The van der Waals surface area contributed by atoms with Gasteiger partial charge in [0.05, 0.1) is 12.3 Å². The van der Waals surface area contributed by atoms with Crippen LogP contribution in [0, 0.1) is 0 Å². The second-order valence-electron chi connectivity index (χ2n) is 8.13. The summed E-state index contributed by atoms with van der Waals surface area (Å²) in [5.41, 5.74) is -2.35. The topological polar surface area (TPSA) is 79.8 Å². The van der Waals surface area contributed by atoms with Gasteiger partial charge in [-0.05, 0) is 42.0 Å². The summed E-state index contributed by atoms with van der Waals surface area (Å²) in [4.78, 5) is 29.6. The smallest absolute Gasteiger partial charge is 0.374 e. The third-order valence-electron chi connectivity index (χ3n) is 5.78. The fourth-order valence-corrected chi connectivity index (χ4v) is 4.63. The summed E-state index contributed by atoms with van der Waals surface area (Å²) in [7, 11) is 0. The molecule has 1 unspecified atom stereocenters. The molecule has 4 rings (SSSR count). The van der Waals surface area contributed by atoms with Gasteiger partial charge in [0, 0.05) is 39.7 Å². The molecule has 188 valence electrons. The minimum Gasteiger partial charge on any atom is -0.374 e. The number of rotatable bonds is 6. The summed E-state index contributed by atoms with van der Waals surface area (Å²) in [5, 5.41) is 10.0. The Bertz CT molecular complexity index is 1360. The number of alkyl halides is 3. The summed E-state index contributed by atoms with van der Waals surface area (Å²) in [6, 6.07) is 13.4. The summed E-state index contributed by atoms with van der Waals surface area (Å²) in [6.45, 7) is 1.98. The van der Waals surface area contributed by atoms with Gasteiger partial charge in [-0.3, -0.25) is 9.59 Å². The maximum Gasteiger partial charge on any atom is 0.435 e. The highest BCUT2D eigenvalue weighted by Crippen LogP contribution is 2.50. The van der Waals surface area contributed by atoms with Crippen LogP contribution in [0.5, 0.6) is 0 Å². The Hall–Kier alpha value is -3.30. The van der Waals surface area contributed by atoms with Crippen LogP contribution < -0.4 is 10.6 Å². The van der Waals surface area contributed by atoms with Gasteiger partial charge in [-0.1, -0.05) is 58.7 Å². The molecule has 1 aliphatic rings. The summed E-state index contributed by atoms with van der Waals surface area (Å²) in [6.07, 6.45) is -5.46. The minimum atomic E-state index is -4.83. The van der Waals surface area contributed by atoms with Crippen LogP contribution in [0.3, 0.4) is 0 Å². The molecule has 0 saturated heterocycles. The second-order valence-corrected chi connectivity index (χ2v) is 9.00. The van der Waals surface area contributed by atoms with Crippen LogP contribution in [-0.4, -0.2) is 36.8 Å². The van der Waals surface area contributed by atoms with Crippen LogP contribution in [0.4, 0.5) is 13.2 Å². The van der Waals surface area contributed by atoms with E-state index in [0.717, 1.165) is 12.1 Å². The Kier molecular flexibility index (Phi) is 7.15. The SMILES string of the molecule is CCNC(=O)CNC(=O)c1ccc(C2=NOC(c3cc(Cl)cc(Cl)c3)(C(F)(F)F)C2)c2ccccc12. The lowest BCUT2D eigenvalue weighted by Gasteiger charge is -2.29. The first-order chi connectivity index (χ1) is 17.1. The average Bonchev–Trinajstić information content (AvgIpc) is 3.28. The molecule has 0 spiro atoms. The number of carbonyl (C=O) groups excluding carboxylic acids is 2. The molecule has 0 aromatic heterocycles. The first-order valence-corrected chi connectivity index (χ1v) is 11.7. The zero-order valence-corrected chi connectivity index (χ0v) is 20.4. The predicted octanol–water partition coefficient (Wildman–Crippen LogP) is 5.59. The van der Waals surface area contributed by atoms with E-state index in [4.69, 9.17) is 28.0 Å². The van der Waals surface area contributed by atoms with Crippen LogP contribution in [0.1, 0.15) is 34.8 Å². The van der Waals surface area contributed by atoms with E-state index < -0.39 is 24.1 Å². The Labute approximate surface area is 214 Å². The summed E-state index contributed by atoms with van der Waals surface area (Å²) >= 11 is 11.9. The number of hydrogen-bond acceptors (Lipinski definition) is 4. The van der Waals surface area contributed by atoms with E-state index in [2.05, 4.69) is 15.8 Å². The van der Waals surface area contributed by atoms with E-state index in [0.29, 0.717) is 22.9 Å². The molecule has 0 aliphatic carbocycles. The maximum atomic E-state index is 14.4. The number of benzene rings is 3. The van der Waals surface area contributed by atoms with Crippen LogP contribution in [0.15, 0.2) is 59.8 Å². The van der Waals surface area contributed by atoms with Crippen molar-refractivity contribution in [2.75, 3.05) is 13.1 Å².